The topological polar surface area (TPSA) is 57.7 Å². The van der Waals surface area contributed by atoms with Crippen molar-refractivity contribution in [1.82, 2.24) is 4.90 Å². The number of carbonyl (C=O) groups is 1. The Morgan fingerprint density at radius 3 is 1.89 bits per heavy atom. The highest BCUT2D eigenvalue weighted by atomic mass is 32.2. The minimum absolute atomic E-state index is 0.137. The highest BCUT2D eigenvalue weighted by molar-refractivity contribution is 7.92. The lowest BCUT2D eigenvalue weighted by molar-refractivity contribution is -0.129. The first-order chi connectivity index (χ1) is 13.4. The molecule has 0 atom stereocenters. The van der Waals surface area contributed by atoms with Crippen LogP contribution in [-0.4, -0.2) is 38.9 Å². The van der Waals surface area contributed by atoms with Gasteiger partial charge in [0.15, 0.2) is 0 Å². The van der Waals surface area contributed by atoms with Crippen LogP contribution in [0.5, 0.6) is 0 Å². The molecule has 1 saturated heterocycles. The van der Waals surface area contributed by atoms with Crippen LogP contribution < -0.4 is 4.31 Å². The van der Waals surface area contributed by atoms with E-state index in [9.17, 15) is 22.0 Å². The van der Waals surface area contributed by atoms with Crippen LogP contribution in [0.2, 0.25) is 0 Å². The summed E-state index contributed by atoms with van der Waals surface area (Å²) >= 11 is 0. The van der Waals surface area contributed by atoms with E-state index in [1.165, 1.54) is 12.1 Å². The lowest BCUT2D eigenvalue weighted by Crippen LogP contribution is -2.43. The molecule has 28 heavy (non-hydrogen) atoms. The molecule has 0 unspecified atom stereocenters. The first kappa shape index (κ1) is 20.3. The first-order valence-corrected chi connectivity index (χ1v) is 10.6. The second kappa shape index (κ2) is 8.68. The van der Waals surface area contributed by atoms with E-state index in [1.807, 2.05) is 0 Å². The summed E-state index contributed by atoms with van der Waals surface area (Å²) in [4.78, 5) is 14.4. The number of benzene rings is 2. The van der Waals surface area contributed by atoms with Gasteiger partial charge in [-0.1, -0.05) is 12.8 Å². The van der Waals surface area contributed by atoms with Gasteiger partial charge in [-0.2, -0.15) is 0 Å². The molecule has 3 rings (SSSR count). The van der Waals surface area contributed by atoms with Crippen LogP contribution in [0.4, 0.5) is 14.5 Å². The van der Waals surface area contributed by atoms with Crippen molar-refractivity contribution in [2.75, 3.05) is 23.9 Å². The molecular weight excluding hydrogens is 386 g/mol. The lowest BCUT2D eigenvalue weighted by atomic mass is 10.2. The Morgan fingerprint density at radius 2 is 1.36 bits per heavy atom. The minimum Gasteiger partial charge on any atom is -0.341 e. The van der Waals surface area contributed by atoms with E-state index >= 15 is 0 Å². The molecule has 1 aliphatic rings. The van der Waals surface area contributed by atoms with Gasteiger partial charge in [0, 0.05) is 13.1 Å². The van der Waals surface area contributed by atoms with Gasteiger partial charge in [-0.05, 0) is 61.4 Å². The van der Waals surface area contributed by atoms with Crippen LogP contribution in [0.3, 0.4) is 0 Å². The highest BCUT2D eigenvalue weighted by Gasteiger charge is 2.29. The number of hydrogen-bond acceptors (Lipinski definition) is 3. The van der Waals surface area contributed by atoms with E-state index in [4.69, 9.17) is 0 Å². The zero-order valence-corrected chi connectivity index (χ0v) is 16.2. The monoisotopic (exact) mass is 408 g/mol. The van der Waals surface area contributed by atoms with Crippen LogP contribution in [0.15, 0.2) is 53.4 Å². The van der Waals surface area contributed by atoms with Gasteiger partial charge in [0.05, 0.1) is 10.6 Å². The molecule has 0 aromatic heterocycles. The molecule has 8 heteroatoms. The molecule has 0 N–H and O–H groups in total. The van der Waals surface area contributed by atoms with E-state index in [0.717, 1.165) is 66.4 Å². The molecule has 0 bridgehead atoms. The quantitative estimate of drug-likeness (QED) is 0.760. The lowest BCUT2D eigenvalue weighted by Gasteiger charge is -2.28. The van der Waals surface area contributed by atoms with Gasteiger partial charge in [-0.15, -0.1) is 0 Å². The normalized spacial score (nSPS) is 15.1. The van der Waals surface area contributed by atoms with Gasteiger partial charge in [0.25, 0.3) is 10.0 Å². The Balaban J connectivity index is 1.93. The van der Waals surface area contributed by atoms with E-state index < -0.39 is 28.2 Å². The van der Waals surface area contributed by atoms with Gasteiger partial charge in [0.1, 0.15) is 18.2 Å². The Hall–Kier alpha value is -2.48. The molecule has 0 radical (unpaired) electrons. The number of halogens is 2. The molecule has 1 heterocycles. The predicted molar refractivity (Wildman–Crippen MR) is 102 cm³/mol. The Bertz CT molecular complexity index is 907. The molecule has 150 valence electrons. The summed E-state index contributed by atoms with van der Waals surface area (Å²) in [6.45, 7) is 0.782. The average molecular weight is 408 g/mol. The summed E-state index contributed by atoms with van der Waals surface area (Å²) in [5, 5.41) is 0. The molecule has 1 fully saturated rings. The first-order valence-electron chi connectivity index (χ1n) is 9.19. The number of sulfonamides is 1. The molecule has 2 aromatic rings. The van der Waals surface area contributed by atoms with Crippen molar-refractivity contribution in [1.29, 1.82) is 0 Å². The van der Waals surface area contributed by atoms with Gasteiger partial charge in [-0.3, -0.25) is 9.10 Å². The van der Waals surface area contributed by atoms with Crippen molar-refractivity contribution < 1.29 is 22.0 Å². The second-order valence-electron chi connectivity index (χ2n) is 6.74. The van der Waals surface area contributed by atoms with Gasteiger partial charge >= 0.3 is 0 Å². The average Bonchev–Trinajstić information content (AvgIpc) is 2.96. The summed E-state index contributed by atoms with van der Waals surface area (Å²) < 4.78 is 53.8. The van der Waals surface area contributed by atoms with Gasteiger partial charge in [-0.25, -0.2) is 17.2 Å². The van der Waals surface area contributed by atoms with Crippen LogP contribution in [0.1, 0.15) is 25.7 Å². The number of carbonyl (C=O) groups excluding carboxylic acids is 1. The van der Waals surface area contributed by atoms with Crippen molar-refractivity contribution >= 4 is 21.6 Å². The van der Waals surface area contributed by atoms with Crippen molar-refractivity contribution in [2.24, 2.45) is 0 Å². The van der Waals surface area contributed by atoms with Gasteiger partial charge in [0.2, 0.25) is 5.91 Å². The Labute approximate surface area is 163 Å². The molecule has 2 aromatic carbocycles. The zero-order valence-electron chi connectivity index (χ0n) is 15.4. The molecule has 0 spiro atoms. The van der Waals surface area contributed by atoms with Crippen molar-refractivity contribution in [2.45, 2.75) is 30.6 Å². The van der Waals surface area contributed by atoms with Crippen LogP contribution in [0.25, 0.3) is 0 Å². The smallest absolute Gasteiger partial charge is 0.264 e. The maximum atomic E-state index is 13.3. The SMILES string of the molecule is O=C(CN(c1ccc(F)cc1)S(=O)(=O)c1ccc(F)cc1)N1CCCCCC1. The summed E-state index contributed by atoms with van der Waals surface area (Å²) in [6.07, 6.45) is 3.85. The summed E-state index contributed by atoms with van der Waals surface area (Å²) in [7, 11) is -4.13. The van der Waals surface area contributed by atoms with Gasteiger partial charge < -0.3 is 4.90 Å². The fourth-order valence-electron chi connectivity index (χ4n) is 3.20. The molecule has 5 nitrogen and oxygen atoms in total. The number of anilines is 1. The third-order valence-electron chi connectivity index (χ3n) is 4.75. The molecular formula is C20H22F2N2O3S. The molecule has 1 amide bonds. The summed E-state index contributed by atoms with van der Waals surface area (Å²) in [5.74, 6) is -1.38. The summed E-state index contributed by atoms with van der Waals surface area (Å²) in [5.41, 5.74) is 0.175. The third kappa shape index (κ3) is 4.67. The number of amides is 1. The van der Waals surface area contributed by atoms with E-state index in [0.29, 0.717) is 13.1 Å². The second-order valence-corrected chi connectivity index (χ2v) is 8.60. The fourth-order valence-corrected chi connectivity index (χ4v) is 4.61. The molecule has 0 aliphatic carbocycles. The van der Waals surface area contributed by atoms with E-state index in [1.54, 1.807) is 4.90 Å². The molecule has 0 saturated carbocycles. The third-order valence-corrected chi connectivity index (χ3v) is 6.54. The maximum absolute atomic E-state index is 13.3. The number of nitrogens with zero attached hydrogens (tertiary/aromatic N) is 2. The highest BCUT2D eigenvalue weighted by Crippen LogP contribution is 2.25. The maximum Gasteiger partial charge on any atom is 0.264 e. The number of hydrogen-bond donors (Lipinski definition) is 0. The van der Waals surface area contributed by atoms with E-state index in [-0.39, 0.29) is 16.5 Å². The van der Waals surface area contributed by atoms with Crippen LogP contribution in [0, 0.1) is 11.6 Å². The standard InChI is InChI=1S/C20H22F2N2O3S/c21-16-5-9-18(10-6-16)24(15-20(25)23-13-3-1-2-4-14-23)28(26,27)19-11-7-17(22)8-12-19/h5-12H,1-4,13-15H2. The van der Waals surface area contributed by atoms with Crippen molar-refractivity contribution in [3.63, 3.8) is 0 Å². The van der Waals surface area contributed by atoms with Crippen molar-refractivity contribution in [3.8, 4) is 0 Å². The van der Waals surface area contributed by atoms with Crippen LogP contribution >= 0.6 is 0 Å². The van der Waals surface area contributed by atoms with E-state index in [2.05, 4.69) is 0 Å². The predicted octanol–water partition coefficient (Wildman–Crippen LogP) is 3.56. The largest absolute Gasteiger partial charge is 0.341 e. The fraction of sp³-hybridized carbons (Fsp3) is 0.350. The zero-order chi connectivity index (χ0) is 20.1. The Morgan fingerprint density at radius 1 is 0.857 bits per heavy atom. The molecule has 1 aliphatic heterocycles. The Kier molecular flexibility index (Phi) is 6.28. The van der Waals surface area contributed by atoms with Crippen molar-refractivity contribution in [3.05, 3.63) is 60.2 Å². The summed E-state index contributed by atoms with van der Waals surface area (Å²) in [6, 6.07) is 9.30. The number of rotatable bonds is 5. The minimum atomic E-state index is -4.13. The van der Waals surface area contributed by atoms with Crippen LogP contribution in [-0.2, 0) is 14.8 Å². The number of likely N-dealkylation sites (tertiary alicyclic amines) is 1.